The number of carbonyl (C=O) groups is 2. The first kappa shape index (κ1) is 17.0. The molecule has 1 aliphatic rings. The predicted octanol–water partition coefficient (Wildman–Crippen LogP) is 1.25. The van der Waals surface area contributed by atoms with Gasteiger partial charge in [-0.05, 0) is 26.0 Å². The van der Waals surface area contributed by atoms with Crippen LogP contribution < -0.4 is 10.3 Å². The van der Waals surface area contributed by atoms with E-state index in [0.29, 0.717) is 18.8 Å². The zero-order valence-corrected chi connectivity index (χ0v) is 13.2. The number of amides is 1. The Labute approximate surface area is 134 Å². The molecule has 0 fully saturated rings. The minimum atomic E-state index is -1.01. The number of hydrazone groups is 1. The minimum Gasteiger partial charge on any atom is -0.480 e. The van der Waals surface area contributed by atoms with Gasteiger partial charge in [0.25, 0.3) is 5.91 Å². The van der Waals surface area contributed by atoms with E-state index < -0.39 is 12.0 Å². The molecule has 0 radical (unpaired) electrons. The number of benzene rings is 1. The number of aliphatic carboxylic acids is 1. The molecule has 0 spiro atoms. The Morgan fingerprint density at radius 1 is 1.39 bits per heavy atom. The molecule has 7 nitrogen and oxygen atoms in total. The summed E-state index contributed by atoms with van der Waals surface area (Å²) in [5.41, 5.74) is 0.858. The van der Waals surface area contributed by atoms with Gasteiger partial charge in [0.05, 0.1) is 18.4 Å². The van der Waals surface area contributed by atoms with Gasteiger partial charge in [0.2, 0.25) is 0 Å². The third-order valence-corrected chi connectivity index (χ3v) is 3.32. The van der Waals surface area contributed by atoms with E-state index in [4.69, 9.17) is 4.74 Å². The average molecular weight is 319 g/mol. The SMILES string of the molecule is CC(C)OCCNC(=O)C1=NN(c2ccccc2)C(C(=O)O)C1. The number of carbonyl (C=O) groups excluding carboxylic acids is 1. The van der Waals surface area contributed by atoms with Crippen molar-refractivity contribution in [3.63, 3.8) is 0 Å². The van der Waals surface area contributed by atoms with Crippen LogP contribution in [0, 0.1) is 0 Å². The van der Waals surface area contributed by atoms with Gasteiger partial charge in [-0.1, -0.05) is 18.2 Å². The van der Waals surface area contributed by atoms with Crippen LogP contribution in [0.25, 0.3) is 0 Å². The van der Waals surface area contributed by atoms with Crippen LogP contribution in [-0.2, 0) is 14.3 Å². The number of carboxylic acids is 1. The van der Waals surface area contributed by atoms with Crippen molar-refractivity contribution in [3.8, 4) is 0 Å². The fraction of sp³-hybridized carbons (Fsp3) is 0.438. The molecule has 124 valence electrons. The summed E-state index contributed by atoms with van der Waals surface area (Å²) in [5, 5.41) is 17.6. The third kappa shape index (κ3) is 4.53. The van der Waals surface area contributed by atoms with Gasteiger partial charge in [-0.15, -0.1) is 0 Å². The molecule has 0 aromatic heterocycles. The lowest BCUT2D eigenvalue weighted by molar-refractivity contribution is -0.138. The van der Waals surface area contributed by atoms with Gasteiger partial charge in [-0.2, -0.15) is 5.10 Å². The second kappa shape index (κ2) is 7.73. The largest absolute Gasteiger partial charge is 0.480 e. The Bertz CT molecular complexity index is 586. The van der Waals surface area contributed by atoms with Gasteiger partial charge >= 0.3 is 5.97 Å². The molecule has 0 saturated heterocycles. The summed E-state index contributed by atoms with van der Waals surface area (Å²) in [6.45, 7) is 4.59. The van der Waals surface area contributed by atoms with Crippen molar-refractivity contribution in [1.29, 1.82) is 0 Å². The number of nitrogens with zero attached hydrogens (tertiary/aromatic N) is 2. The lowest BCUT2D eigenvalue weighted by Crippen LogP contribution is -2.36. The molecule has 1 atom stereocenters. The van der Waals surface area contributed by atoms with Crippen molar-refractivity contribution in [2.75, 3.05) is 18.2 Å². The monoisotopic (exact) mass is 319 g/mol. The Hall–Kier alpha value is -2.41. The van der Waals surface area contributed by atoms with E-state index in [9.17, 15) is 14.7 Å². The molecule has 23 heavy (non-hydrogen) atoms. The standard InChI is InChI=1S/C16H21N3O4/c1-11(2)23-9-8-17-15(20)13-10-14(16(21)22)19(18-13)12-6-4-3-5-7-12/h3-7,11,14H,8-10H2,1-2H3,(H,17,20)(H,21,22). The van der Waals surface area contributed by atoms with Crippen LogP contribution in [0.5, 0.6) is 0 Å². The molecule has 1 amide bonds. The first-order valence-corrected chi connectivity index (χ1v) is 7.53. The molecule has 0 saturated carbocycles. The molecule has 2 N–H and O–H groups in total. The van der Waals surface area contributed by atoms with Gasteiger partial charge in [0.15, 0.2) is 6.04 Å². The van der Waals surface area contributed by atoms with Gasteiger partial charge in [-0.3, -0.25) is 9.80 Å². The minimum absolute atomic E-state index is 0.0705. The fourth-order valence-corrected chi connectivity index (χ4v) is 2.22. The van der Waals surface area contributed by atoms with Crippen molar-refractivity contribution in [1.82, 2.24) is 5.32 Å². The number of anilines is 1. The van der Waals surface area contributed by atoms with Crippen LogP contribution in [0.4, 0.5) is 5.69 Å². The molecular weight excluding hydrogens is 298 g/mol. The molecule has 0 aliphatic carbocycles. The molecule has 7 heteroatoms. The van der Waals surface area contributed by atoms with E-state index in [-0.39, 0.29) is 24.1 Å². The number of ether oxygens (including phenoxy) is 1. The van der Waals surface area contributed by atoms with Crippen LogP contribution in [0.15, 0.2) is 35.4 Å². The van der Waals surface area contributed by atoms with Gasteiger partial charge in [-0.25, -0.2) is 4.79 Å². The molecule has 1 aromatic carbocycles. The first-order chi connectivity index (χ1) is 11.0. The Morgan fingerprint density at radius 2 is 2.09 bits per heavy atom. The van der Waals surface area contributed by atoms with Crippen molar-refractivity contribution in [2.24, 2.45) is 5.10 Å². The fourth-order valence-electron chi connectivity index (χ4n) is 2.22. The summed E-state index contributed by atoms with van der Waals surface area (Å²) in [6.07, 6.45) is 0.168. The third-order valence-electron chi connectivity index (χ3n) is 3.32. The Kier molecular flexibility index (Phi) is 5.70. The van der Waals surface area contributed by atoms with Crippen molar-refractivity contribution in [3.05, 3.63) is 30.3 Å². The van der Waals surface area contributed by atoms with E-state index in [1.54, 1.807) is 24.3 Å². The maximum atomic E-state index is 12.1. The number of rotatable bonds is 7. The lowest BCUT2D eigenvalue weighted by atomic mass is 10.1. The number of nitrogens with one attached hydrogen (secondary N) is 1. The highest BCUT2D eigenvalue weighted by molar-refractivity contribution is 6.40. The number of hydrogen-bond donors (Lipinski definition) is 2. The van der Waals surface area contributed by atoms with Gasteiger partial charge in [0, 0.05) is 13.0 Å². The van der Waals surface area contributed by atoms with E-state index >= 15 is 0 Å². The number of para-hydroxylation sites is 1. The summed E-state index contributed by atoms with van der Waals surface area (Å²) < 4.78 is 5.35. The highest BCUT2D eigenvalue weighted by Crippen LogP contribution is 2.24. The summed E-state index contributed by atoms with van der Waals surface area (Å²) in [4.78, 5) is 23.5. The van der Waals surface area contributed by atoms with Crippen LogP contribution in [0.1, 0.15) is 20.3 Å². The second-order valence-electron chi connectivity index (χ2n) is 5.46. The lowest BCUT2D eigenvalue weighted by Gasteiger charge is -2.19. The zero-order valence-electron chi connectivity index (χ0n) is 13.2. The average Bonchev–Trinajstić information content (AvgIpc) is 2.97. The quantitative estimate of drug-likeness (QED) is 0.738. The maximum Gasteiger partial charge on any atom is 0.328 e. The van der Waals surface area contributed by atoms with E-state index in [1.165, 1.54) is 5.01 Å². The molecular formula is C16H21N3O4. The predicted molar refractivity (Wildman–Crippen MR) is 86.5 cm³/mol. The van der Waals surface area contributed by atoms with Crippen molar-refractivity contribution < 1.29 is 19.4 Å². The first-order valence-electron chi connectivity index (χ1n) is 7.53. The molecule has 1 aromatic rings. The van der Waals surface area contributed by atoms with Gasteiger partial charge in [0.1, 0.15) is 5.71 Å². The second-order valence-corrected chi connectivity index (χ2v) is 5.46. The van der Waals surface area contributed by atoms with Crippen molar-refractivity contribution >= 4 is 23.3 Å². The highest BCUT2D eigenvalue weighted by atomic mass is 16.5. The van der Waals surface area contributed by atoms with Gasteiger partial charge < -0.3 is 15.2 Å². The molecule has 1 unspecified atom stereocenters. The number of carboxylic acid groups (broad SMARTS) is 1. The molecule has 0 bridgehead atoms. The van der Waals surface area contributed by atoms with E-state index in [1.807, 2.05) is 19.9 Å². The van der Waals surface area contributed by atoms with Crippen LogP contribution in [0.3, 0.4) is 0 Å². The smallest absolute Gasteiger partial charge is 0.328 e. The maximum absolute atomic E-state index is 12.1. The van der Waals surface area contributed by atoms with E-state index in [0.717, 1.165) is 0 Å². The van der Waals surface area contributed by atoms with Crippen LogP contribution in [-0.4, -0.2) is 48.0 Å². The molecule has 1 aliphatic heterocycles. The highest BCUT2D eigenvalue weighted by Gasteiger charge is 2.35. The number of hydrogen-bond acceptors (Lipinski definition) is 5. The molecule has 1 heterocycles. The van der Waals surface area contributed by atoms with E-state index in [2.05, 4.69) is 10.4 Å². The van der Waals surface area contributed by atoms with Crippen LogP contribution >= 0.6 is 0 Å². The van der Waals surface area contributed by atoms with Crippen LogP contribution in [0.2, 0.25) is 0 Å². The zero-order chi connectivity index (χ0) is 16.8. The topological polar surface area (TPSA) is 91.2 Å². The Morgan fingerprint density at radius 3 is 2.70 bits per heavy atom. The molecule has 2 rings (SSSR count). The Balaban J connectivity index is 2.02. The van der Waals surface area contributed by atoms with Crippen molar-refractivity contribution in [2.45, 2.75) is 32.4 Å². The normalized spacial score (nSPS) is 17.3. The summed E-state index contributed by atoms with van der Waals surface area (Å²) >= 11 is 0. The summed E-state index contributed by atoms with van der Waals surface area (Å²) in [6, 6.07) is 8.08. The summed E-state index contributed by atoms with van der Waals surface area (Å²) in [5.74, 6) is -1.37. The summed E-state index contributed by atoms with van der Waals surface area (Å²) in [7, 11) is 0.